The van der Waals surface area contributed by atoms with Crippen LogP contribution in [-0.4, -0.2) is 14.8 Å². The third-order valence-electron chi connectivity index (χ3n) is 3.55. The summed E-state index contributed by atoms with van der Waals surface area (Å²) in [5.74, 6) is 0. The van der Waals surface area contributed by atoms with Gasteiger partial charge in [-0.1, -0.05) is 24.3 Å². The molecule has 0 amide bonds. The highest BCUT2D eigenvalue weighted by molar-refractivity contribution is 5.31. The van der Waals surface area contributed by atoms with E-state index in [0.29, 0.717) is 0 Å². The van der Waals surface area contributed by atoms with Crippen LogP contribution >= 0.6 is 0 Å². The van der Waals surface area contributed by atoms with Gasteiger partial charge in [-0.05, 0) is 30.4 Å². The largest absolute Gasteiger partial charge is 0.322 e. The fourth-order valence-corrected chi connectivity index (χ4v) is 2.66. The maximum Gasteiger partial charge on any atom is 0.137 e. The maximum absolute atomic E-state index is 6.39. The normalized spacial score (nSPS) is 24.1. The fraction of sp³-hybridized carbons (Fsp3) is 0.385. The van der Waals surface area contributed by atoms with E-state index in [-0.39, 0.29) is 12.1 Å². The summed E-state index contributed by atoms with van der Waals surface area (Å²) in [7, 11) is 0. The second kappa shape index (κ2) is 4.30. The summed E-state index contributed by atoms with van der Waals surface area (Å²) in [6.07, 6.45) is 6.64. The maximum atomic E-state index is 6.39. The standard InChI is InChI=1S/C13H16N4/c14-13-11-6-2-1-4-10(11)5-3-7-12(13)17-9-15-8-16-17/h1-2,4,6,8-9,12-13H,3,5,7,14H2. The van der Waals surface area contributed by atoms with Gasteiger partial charge in [0.05, 0.1) is 12.1 Å². The van der Waals surface area contributed by atoms with Gasteiger partial charge in [-0.2, -0.15) is 5.10 Å². The molecule has 0 saturated carbocycles. The Morgan fingerprint density at radius 3 is 3.00 bits per heavy atom. The van der Waals surface area contributed by atoms with Crippen molar-refractivity contribution in [1.29, 1.82) is 0 Å². The first kappa shape index (κ1) is 10.5. The third-order valence-corrected chi connectivity index (χ3v) is 3.55. The first-order chi connectivity index (χ1) is 8.36. The Bertz CT molecular complexity index is 492. The monoisotopic (exact) mass is 228 g/mol. The van der Waals surface area contributed by atoms with E-state index in [0.717, 1.165) is 19.3 Å². The Balaban J connectivity index is 2.00. The molecular weight excluding hydrogens is 212 g/mol. The van der Waals surface area contributed by atoms with Crippen molar-refractivity contribution in [3.63, 3.8) is 0 Å². The molecule has 2 aromatic rings. The Kier molecular flexibility index (Phi) is 2.65. The number of hydrogen-bond acceptors (Lipinski definition) is 3. The molecule has 2 unspecified atom stereocenters. The average Bonchev–Trinajstić information content (AvgIpc) is 2.83. The van der Waals surface area contributed by atoms with Gasteiger partial charge in [-0.25, -0.2) is 9.67 Å². The minimum atomic E-state index is 0.00963. The van der Waals surface area contributed by atoms with Crippen molar-refractivity contribution in [1.82, 2.24) is 14.8 Å². The van der Waals surface area contributed by atoms with E-state index >= 15 is 0 Å². The van der Waals surface area contributed by atoms with Gasteiger partial charge in [0.1, 0.15) is 12.7 Å². The fourth-order valence-electron chi connectivity index (χ4n) is 2.66. The van der Waals surface area contributed by atoms with Crippen molar-refractivity contribution in [2.24, 2.45) is 5.73 Å². The SMILES string of the molecule is NC1c2ccccc2CCCC1n1cncn1. The Morgan fingerprint density at radius 2 is 2.18 bits per heavy atom. The summed E-state index contributed by atoms with van der Waals surface area (Å²) in [4.78, 5) is 4.01. The van der Waals surface area contributed by atoms with Crippen molar-refractivity contribution >= 4 is 0 Å². The highest BCUT2D eigenvalue weighted by Gasteiger charge is 2.26. The zero-order valence-electron chi connectivity index (χ0n) is 9.66. The minimum absolute atomic E-state index is 0.00963. The molecule has 1 aliphatic rings. The number of hydrogen-bond donors (Lipinski definition) is 1. The van der Waals surface area contributed by atoms with E-state index in [9.17, 15) is 0 Å². The van der Waals surface area contributed by atoms with Gasteiger partial charge in [-0.15, -0.1) is 0 Å². The van der Waals surface area contributed by atoms with Crippen molar-refractivity contribution in [2.75, 3.05) is 0 Å². The van der Waals surface area contributed by atoms with Gasteiger partial charge in [0.25, 0.3) is 0 Å². The lowest BCUT2D eigenvalue weighted by Gasteiger charge is -2.22. The summed E-state index contributed by atoms with van der Waals surface area (Å²) >= 11 is 0. The summed E-state index contributed by atoms with van der Waals surface area (Å²) < 4.78 is 1.90. The van der Waals surface area contributed by atoms with Gasteiger partial charge in [-0.3, -0.25) is 0 Å². The van der Waals surface area contributed by atoms with Gasteiger partial charge < -0.3 is 5.73 Å². The van der Waals surface area contributed by atoms with Gasteiger partial charge in [0.15, 0.2) is 0 Å². The average molecular weight is 228 g/mol. The third kappa shape index (κ3) is 1.85. The van der Waals surface area contributed by atoms with E-state index in [2.05, 4.69) is 34.3 Å². The zero-order chi connectivity index (χ0) is 11.7. The van der Waals surface area contributed by atoms with E-state index in [1.165, 1.54) is 11.1 Å². The van der Waals surface area contributed by atoms with Crippen LogP contribution in [0.4, 0.5) is 0 Å². The molecule has 88 valence electrons. The second-order valence-electron chi connectivity index (χ2n) is 4.56. The smallest absolute Gasteiger partial charge is 0.137 e. The van der Waals surface area contributed by atoms with Crippen LogP contribution in [0.3, 0.4) is 0 Å². The molecule has 1 aromatic heterocycles. The summed E-state index contributed by atoms with van der Waals surface area (Å²) in [6.45, 7) is 0. The van der Waals surface area contributed by atoms with E-state index < -0.39 is 0 Å². The molecule has 0 aliphatic heterocycles. The molecule has 0 saturated heterocycles. The molecule has 1 aromatic carbocycles. The lowest BCUT2D eigenvalue weighted by molar-refractivity contribution is 0.361. The van der Waals surface area contributed by atoms with Crippen molar-refractivity contribution in [3.05, 3.63) is 48.0 Å². The molecule has 17 heavy (non-hydrogen) atoms. The van der Waals surface area contributed by atoms with Crippen LogP contribution in [-0.2, 0) is 6.42 Å². The number of nitrogens with two attached hydrogens (primary N) is 1. The number of benzene rings is 1. The van der Waals surface area contributed by atoms with Gasteiger partial charge in [0, 0.05) is 0 Å². The molecular formula is C13H16N4. The molecule has 4 nitrogen and oxygen atoms in total. The molecule has 3 rings (SSSR count). The molecule has 1 aliphatic carbocycles. The Labute approximate surface area is 100 Å². The molecule has 2 N–H and O–H groups in total. The molecule has 0 bridgehead atoms. The van der Waals surface area contributed by atoms with E-state index in [1.807, 2.05) is 4.68 Å². The Morgan fingerprint density at radius 1 is 1.29 bits per heavy atom. The Hall–Kier alpha value is -1.68. The molecule has 2 atom stereocenters. The highest BCUT2D eigenvalue weighted by atomic mass is 15.3. The van der Waals surface area contributed by atoms with Crippen LogP contribution < -0.4 is 5.73 Å². The second-order valence-corrected chi connectivity index (χ2v) is 4.56. The summed E-state index contributed by atoms with van der Waals surface area (Å²) in [5, 5.41) is 4.23. The predicted molar refractivity (Wildman–Crippen MR) is 65.4 cm³/mol. The highest BCUT2D eigenvalue weighted by Crippen LogP contribution is 2.33. The molecule has 0 fully saturated rings. The molecule has 1 heterocycles. The lowest BCUT2D eigenvalue weighted by Crippen LogP contribution is -2.24. The number of rotatable bonds is 1. The van der Waals surface area contributed by atoms with Crippen LogP contribution in [0.2, 0.25) is 0 Å². The van der Waals surface area contributed by atoms with Crippen LogP contribution in [0, 0.1) is 0 Å². The van der Waals surface area contributed by atoms with E-state index in [4.69, 9.17) is 5.73 Å². The van der Waals surface area contributed by atoms with Gasteiger partial charge >= 0.3 is 0 Å². The van der Waals surface area contributed by atoms with E-state index in [1.54, 1.807) is 12.7 Å². The molecule has 0 spiro atoms. The first-order valence-corrected chi connectivity index (χ1v) is 6.04. The van der Waals surface area contributed by atoms with Gasteiger partial charge in [0.2, 0.25) is 0 Å². The first-order valence-electron chi connectivity index (χ1n) is 6.04. The lowest BCUT2D eigenvalue weighted by atomic mass is 9.97. The van der Waals surface area contributed by atoms with Crippen LogP contribution in [0.25, 0.3) is 0 Å². The van der Waals surface area contributed by atoms with Crippen LogP contribution in [0.1, 0.15) is 36.1 Å². The number of nitrogens with zero attached hydrogens (tertiary/aromatic N) is 3. The predicted octanol–water partition coefficient (Wildman–Crippen LogP) is 1.86. The van der Waals surface area contributed by atoms with Crippen molar-refractivity contribution in [2.45, 2.75) is 31.3 Å². The molecule has 0 radical (unpaired) electrons. The number of aromatic nitrogens is 3. The quantitative estimate of drug-likeness (QED) is 0.758. The van der Waals surface area contributed by atoms with Crippen LogP contribution in [0.5, 0.6) is 0 Å². The molecule has 4 heteroatoms. The number of aryl methyl sites for hydroxylation is 1. The van der Waals surface area contributed by atoms with Crippen LogP contribution in [0.15, 0.2) is 36.9 Å². The van der Waals surface area contributed by atoms with Crippen molar-refractivity contribution in [3.8, 4) is 0 Å². The summed E-state index contributed by atoms with van der Waals surface area (Å²) in [6, 6.07) is 8.69. The zero-order valence-corrected chi connectivity index (χ0v) is 9.66. The minimum Gasteiger partial charge on any atom is -0.322 e. The summed E-state index contributed by atoms with van der Waals surface area (Å²) in [5.41, 5.74) is 9.03. The topological polar surface area (TPSA) is 56.7 Å². The van der Waals surface area contributed by atoms with Crippen molar-refractivity contribution < 1.29 is 0 Å². The number of fused-ring (bicyclic) bond motifs is 1.